The van der Waals surface area contributed by atoms with E-state index in [0.29, 0.717) is 6.54 Å². The molecule has 43 valence electrons. The van der Waals surface area contributed by atoms with Gasteiger partial charge >= 0.3 is 42.2 Å². The van der Waals surface area contributed by atoms with Gasteiger partial charge in [0.2, 0.25) is 0 Å². The molecule has 0 aliphatic carbocycles. The van der Waals surface area contributed by atoms with Crippen molar-refractivity contribution in [2.24, 2.45) is 0 Å². The van der Waals surface area contributed by atoms with E-state index < -0.39 is 0 Å². The Morgan fingerprint density at radius 3 is 2.17 bits per heavy atom. The van der Waals surface area contributed by atoms with Crippen molar-refractivity contribution in [3.63, 3.8) is 0 Å². The molecule has 0 unspecified atom stereocenters. The normalized spacial score (nSPS) is 7.17. The average Bonchev–Trinajstić information content (AvgIpc) is 1.41. The Morgan fingerprint density at radius 2 is 2.17 bits per heavy atom. The molecular weight excluding hydrogens is 265 g/mol. The molecule has 0 bridgehead atoms. The summed E-state index contributed by atoms with van der Waals surface area (Å²) in [7, 11) is 0. The molecule has 0 radical (unpaired) electrons. The SMILES string of the molecule is O.OCC[NH][Pt]. The zero-order chi connectivity index (χ0) is 4.12. The van der Waals surface area contributed by atoms with E-state index >= 15 is 0 Å². The summed E-state index contributed by atoms with van der Waals surface area (Å²) < 4.78 is 2.74. The van der Waals surface area contributed by atoms with Crippen molar-refractivity contribution in [1.29, 1.82) is 0 Å². The molecule has 4 heteroatoms. The standard InChI is InChI=1S/C2H6NO.H2O.Pt/c3-1-2-4;;/h3-4H,1-2H2;1H2;/q-1;;+1. The van der Waals surface area contributed by atoms with Crippen molar-refractivity contribution in [2.45, 2.75) is 0 Å². The number of hydrogen-bond donors (Lipinski definition) is 2. The van der Waals surface area contributed by atoms with Crippen LogP contribution in [0.4, 0.5) is 0 Å². The second kappa shape index (κ2) is 9.13. The van der Waals surface area contributed by atoms with E-state index in [1.165, 1.54) is 0 Å². The van der Waals surface area contributed by atoms with Crippen LogP contribution in [0.3, 0.4) is 0 Å². The maximum absolute atomic E-state index is 8.00. The van der Waals surface area contributed by atoms with Crippen LogP contribution in [-0.4, -0.2) is 23.7 Å². The molecule has 0 aromatic heterocycles. The zero-order valence-corrected chi connectivity index (χ0v) is 5.45. The molecule has 4 N–H and O–H groups in total. The van der Waals surface area contributed by atoms with Crippen LogP contribution >= 0.6 is 0 Å². The summed E-state index contributed by atoms with van der Waals surface area (Å²) in [5.74, 6) is 0. The van der Waals surface area contributed by atoms with Gasteiger partial charge in [-0.1, -0.05) is 0 Å². The van der Waals surface area contributed by atoms with E-state index in [1.807, 2.05) is 20.1 Å². The van der Waals surface area contributed by atoms with Gasteiger partial charge in [0.05, 0.1) is 0 Å². The molecule has 0 fully saturated rings. The third-order valence-electron chi connectivity index (χ3n) is 0.191. The Morgan fingerprint density at radius 1 is 1.67 bits per heavy atom. The van der Waals surface area contributed by atoms with Crippen LogP contribution in [0.15, 0.2) is 0 Å². The summed E-state index contributed by atoms with van der Waals surface area (Å²) in [5, 5.41) is 8.00. The van der Waals surface area contributed by atoms with E-state index in [4.69, 9.17) is 5.11 Å². The summed E-state index contributed by atoms with van der Waals surface area (Å²) in [6.07, 6.45) is 0. The van der Waals surface area contributed by atoms with Gasteiger partial charge in [-0.15, -0.1) is 0 Å². The predicted octanol–water partition coefficient (Wildman–Crippen LogP) is -1.79. The van der Waals surface area contributed by atoms with Crippen LogP contribution < -0.4 is 3.88 Å². The number of hydrogen-bond acceptors (Lipinski definition) is 2. The summed E-state index contributed by atoms with van der Waals surface area (Å²) in [6, 6.07) is 0. The van der Waals surface area contributed by atoms with Gasteiger partial charge < -0.3 is 5.48 Å². The van der Waals surface area contributed by atoms with Crippen molar-refractivity contribution in [1.82, 2.24) is 3.88 Å². The summed E-state index contributed by atoms with van der Waals surface area (Å²) >= 11 is 1.96. The van der Waals surface area contributed by atoms with Gasteiger partial charge in [-0.2, -0.15) is 0 Å². The minimum absolute atomic E-state index is 0. The molecule has 0 aromatic rings. The molecule has 0 saturated heterocycles. The van der Waals surface area contributed by atoms with Crippen molar-refractivity contribution >= 4 is 0 Å². The van der Waals surface area contributed by atoms with Gasteiger partial charge in [0.25, 0.3) is 0 Å². The first kappa shape index (κ1) is 9.76. The van der Waals surface area contributed by atoms with E-state index in [0.717, 1.165) is 0 Å². The average molecular weight is 273 g/mol. The van der Waals surface area contributed by atoms with E-state index in [2.05, 4.69) is 3.88 Å². The van der Waals surface area contributed by atoms with Crippen molar-refractivity contribution in [3.8, 4) is 0 Å². The molecule has 0 spiro atoms. The third-order valence-corrected chi connectivity index (χ3v) is 0.759. The molecule has 0 atom stereocenters. The maximum atomic E-state index is 8.00. The molecular formula is C2H8NO2Pt. The van der Waals surface area contributed by atoms with Crippen LogP contribution in [0.5, 0.6) is 0 Å². The van der Waals surface area contributed by atoms with Crippen LogP contribution in [0.1, 0.15) is 0 Å². The Kier molecular flexibility index (Phi) is 14.8. The fourth-order valence-electron chi connectivity index (χ4n) is 0.0354. The molecule has 6 heavy (non-hydrogen) atoms. The van der Waals surface area contributed by atoms with Gasteiger partial charge in [-0.05, 0) is 0 Å². The van der Waals surface area contributed by atoms with Crippen molar-refractivity contribution in [3.05, 3.63) is 0 Å². The molecule has 0 saturated carbocycles. The van der Waals surface area contributed by atoms with E-state index in [-0.39, 0.29) is 12.1 Å². The van der Waals surface area contributed by atoms with E-state index in [1.54, 1.807) is 0 Å². The molecule has 0 aromatic carbocycles. The monoisotopic (exact) mass is 273 g/mol. The quantitative estimate of drug-likeness (QED) is 0.624. The Bertz CT molecular complexity index is 19.0. The Hall–Kier alpha value is 0.568. The summed E-state index contributed by atoms with van der Waals surface area (Å²) in [5.41, 5.74) is 0. The molecule has 3 nitrogen and oxygen atoms in total. The van der Waals surface area contributed by atoms with Crippen LogP contribution in [0.2, 0.25) is 0 Å². The number of aliphatic hydroxyl groups excluding tert-OH is 1. The second-order valence-corrected chi connectivity index (χ2v) is 1.39. The minimum atomic E-state index is 0. The third kappa shape index (κ3) is 8.82. The molecule has 0 amide bonds. The van der Waals surface area contributed by atoms with Crippen molar-refractivity contribution in [2.75, 3.05) is 13.2 Å². The molecule has 0 aliphatic heterocycles. The van der Waals surface area contributed by atoms with Gasteiger partial charge in [-0.25, -0.2) is 0 Å². The first-order valence-electron chi connectivity index (χ1n) is 1.33. The molecule has 0 aliphatic rings. The zero-order valence-electron chi connectivity index (χ0n) is 3.18. The van der Waals surface area contributed by atoms with E-state index in [9.17, 15) is 0 Å². The van der Waals surface area contributed by atoms with Gasteiger partial charge in [0.15, 0.2) is 0 Å². The second-order valence-electron chi connectivity index (χ2n) is 0.585. The van der Waals surface area contributed by atoms with Crippen molar-refractivity contribution < 1.29 is 30.6 Å². The first-order chi connectivity index (χ1) is 2.41. The molecule has 0 heterocycles. The van der Waals surface area contributed by atoms with Crippen LogP contribution in [-0.2, 0) is 20.1 Å². The Balaban J connectivity index is 0. The molecule has 0 rings (SSSR count). The Labute approximate surface area is 48.2 Å². The number of aliphatic hydroxyl groups is 1. The topological polar surface area (TPSA) is 63.8 Å². The fraction of sp³-hybridized carbons (Fsp3) is 1.00. The fourth-order valence-corrected chi connectivity index (χ4v) is 0.289. The van der Waals surface area contributed by atoms with Gasteiger partial charge in [0.1, 0.15) is 0 Å². The van der Waals surface area contributed by atoms with Crippen LogP contribution in [0.25, 0.3) is 0 Å². The summed E-state index contributed by atoms with van der Waals surface area (Å²) in [6.45, 7) is 0.908. The van der Waals surface area contributed by atoms with Gasteiger partial charge in [-0.3, -0.25) is 0 Å². The number of nitrogens with one attached hydrogen (secondary N) is 1. The number of rotatable bonds is 2. The van der Waals surface area contributed by atoms with Crippen LogP contribution in [0, 0.1) is 0 Å². The predicted molar refractivity (Wildman–Crippen MR) is 18.7 cm³/mol. The van der Waals surface area contributed by atoms with Gasteiger partial charge in [0, 0.05) is 0 Å². The first-order valence-corrected chi connectivity index (χ1v) is 2.46. The summed E-state index contributed by atoms with van der Waals surface area (Å²) in [4.78, 5) is 0.